The summed E-state index contributed by atoms with van der Waals surface area (Å²) in [5.74, 6) is -0.0364. The number of hydrogen-bond donors (Lipinski definition) is 2. The van der Waals surface area contributed by atoms with Crippen LogP contribution in [0.4, 0.5) is 0 Å². The molecule has 0 saturated carbocycles. The number of nitrogens with two attached hydrogens (primary N) is 1. The van der Waals surface area contributed by atoms with Crippen LogP contribution in [0.5, 0.6) is 0 Å². The Bertz CT molecular complexity index is 547. The number of amides is 1. The van der Waals surface area contributed by atoms with E-state index in [-0.39, 0.29) is 36.2 Å². The van der Waals surface area contributed by atoms with Crippen LogP contribution in [0.15, 0.2) is 60.7 Å². The Morgan fingerprint density at radius 3 is 1.78 bits per heavy atom. The SMILES string of the molecule is CC(N)C(C)C(=O)NCC(c1ccccc1)c1ccccc1.Cl. The maximum absolute atomic E-state index is 12.2. The van der Waals surface area contributed by atoms with Crippen molar-refractivity contribution in [3.8, 4) is 0 Å². The second kappa shape index (κ2) is 9.33. The quantitative estimate of drug-likeness (QED) is 0.852. The first-order valence-electron chi connectivity index (χ1n) is 7.72. The zero-order chi connectivity index (χ0) is 15.9. The average Bonchev–Trinajstić information content (AvgIpc) is 2.56. The maximum Gasteiger partial charge on any atom is 0.224 e. The summed E-state index contributed by atoms with van der Waals surface area (Å²) in [5.41, 5.74) is 8.20. The van der Waals surface area contributed by atoms with Gasteiger partial charge in [0.05, 0.1) is 0 Å². The predicted molar refractivity (Wildman–Crippen MR) is 97.8 cm³/mol. The van der Waals surface area contributed by atoms with E-state index in [9.17, 15) is 4.79 Å². The summed E-state index contributed by atoms with van der Waals surface area (Å²) < 4.78 is 0. The van der Waals surface area contributed by atoms with Crippen molar-refractivity contribution in [2.24, 2.45) is 11.7 Å². The van der Waals surface area contributed by atoms with Crippen molar-refractivity contribution in [1.82, 2.24) is 5.32 Å². The van der Waals surface area contributed by atoms with E-state index in [0.29, 0.717) is 6.54 Å². The summed E-state index contributed by atoms with van der Waals surface area (Å²) in [4.78, 5) is 12.2. The van der Waals surface area contributed by atoms with E-state index in [1.807, 2.05) is 50.2 Å². The molecule has 2 rings (SSSR count). The van der Waals surface area contributed by atoms with Gasteiger partial charge in [0.2, 0.25) is 5.91 Å². The minimum Gasteiger partial charge on any atom is -0.355 e. The molecular formula is C19H25ClN2O. The number of hydrogen-bond acceptors (Lipinski definition) is 2. The standard InChI is InChI=1S/C19H24N2O.ClH/c1-14(15(2)20)19(22)21-13-18(16-9-5-3-6-10-16)17-11-7-4-8-12-17;/h3-12,14-15,18H,13,20H2,1-2H3,(H,21,22);1H. The molecule has 0 bridgehead atoms. The van der Waals surface area contributed by atoms with Gasteiger partial charge in [0, 0.05) is 24.4 Å². The molecule has 124 valence electrons. The third-order valence-electron chi connectivity index (χ3n) is 4.09. The van der Waals surface area contributed by atoms with Gasteiger partial charge in [-0.3, -0.25) is 4.79 Å². The average molecular weight is 333 g/mol. The van der Waals surface area contributed by atoms with Gasteiger partial charge >= 0.3 is 0 Å². The van der Waals surface area contributed by atoms with Gasteiger partial charge in [0.1, 0.15) is 0 Å². The Morgan fingerprint density at radius 1 is 0.957 bits per heavy atom. The third-order valence-corrected chi connectivity index (χ3v) is 4.09. The molecule has 3 N–H and O–H groups in total. The van der Waals surface area contributed by atoms with E-state index in [2.05, 4.69) is 29.6 Å². The molecule has 1 amide bonds. The Kier molecular flexibility index (Phi) is 7.79. The highest BCUT2D eigenvalue weighted by molar-refractivity contribution is 5.85. The van der Waals surface area contributed by atoms with Crippen molar-refractivity contribution in [3.05, 3.63) is 71.8 Å². The molecule has 0 aliphatic heterocycles. The number of carbonyl (C=O) groups is 1. The van der Waals surface area contributed by atoms with Crippen LogP contribution in [-0.2, 0) is 4.79 Å². The molecule has 2 aromatic carbocycles. The van der Waals surface area contributed by atoms with Crippen molar-refractivity contribution >= 4 is 18.3 Å². The minimum absolute atomic E-state index is 0. The van der Waals surface area contributed by atoms with E-state index in [1.165, 1.54) is 11.1 Å². The summed E-state index contributed by atoms with van der Waals surface area (Å²) in [5, 5.41) is 3.04. The highest BCUT2D eigenvalue weighted by Gasteiger charge is 2.19. The summed E-state index contributed by atoms with van der Waals surface area (Å²) >= 11 is 0. The van der Waals surface area contributed by atoms with Crippen LogP contribution < -0.4 is 11.1 Å². The van der Waals surface area contributed by atoms with Crippen LogP contribution in [0.1, 0.15) is 30.9 Å². The molecule has 0 aliphatic carbocycles. The topological polar surface area (TPSA) is 55.1 Å². The van der Waals surface area contributed by atoms with Gasteiger partial charge in [-0.2, -0.15) is 0 Å². The third kappa shape index (κ3) is 5.38. The molecule has 0 radical (unpaired) electrons. The highest BCUT2D eigenvalue weighted by Crippen LogP contribution is 2.23. The molecule has 0 fully saturated rings. The summed E-state index contributed by atoms with van der Waals surface area (Å²) in [6.07, 6.45) is 0. The lowest BCUT2D eigenvalue weighted by Gasteiger charge is -2.21. The normalized spacial score (nSPS) is 13.0. The van der Waals surface area contributed by atoms with Crippen LogP contribution in [0.2, 0.25) is 0 Å². The predicted octanol–water partition coefficient (Wildman–Crippen LogP) is 3.34. The Balaban J connectivity index is 0.00000264. The number of nitrogens with one attached hydrogen (secondary N) is 1. The Morgan fingerprint density at radius 2 is 1.39 bits per heavy atom. The lowest BCUT2D eigenvalue weighted by molar-refractivity contribution is -0.124. The van der Waals surface area contributed by atoms with E-state index in [1.54, 1.807) is 0 Å². The van der Waals surface area contributed by atoms with Crippen LogP contribution in [0.25, 0.3) is 0 Å². The second-order valence-corrected chi connectivity index (χ2v) is 5.77. The van der Waals surface area contributed by atoms with E-state index in [4.69, 9.17) is 5.73 Å². The summed E-state index contributed by atoms with van der Waals surface area (Å²) in [6.45, 7) is 4.29. The minimum atomic E-state index is -0.188. The zero-order valence-electron chi connectivity index (χ0n) is 13.6. The largest absolute Gasteiger partial charge is 0.355 e. The molecule has 3 nitrogen and oxygen atoms in total. The van der Waals surface area contributed by atoms with Crippen LogP contribution in [-0.4, -0.2) is 18.5 Å². The van der Waals surface area contributed by atoms with E-state index < -0.39 is 0 Å². The Hall–Kier alpha value is -1.84. The fourth-order valence-electron chi connectivity index (χ4n) is 2.40. The molecule has 2 unspecified atom stereocenters. The Labute approximate surface area is 144 Å². The van der Waals surface area contributed by atoms with Gasteiger partial charge in [-0.25, -0.2) is 0 Å². The molecule has 23 heavy (non-hydrogen) atoms. The summed E-state index contributed by atoms with van der Waals surface area (Å²) in [7, 11) is 0. The fraction of sp³-hybridized carbons (Fsp3) is 0.316. The van der Waals surface area contributed by atoms with Gasteiger partial charge in [0.25, 0.3) is 0 Å². The van der Waals surface area contributed by atoms with Crippen molar-refractivity contribution < 1.29 is 4.79 Å². The molecule has 0 aliphatic rings. The number of rotatable bonds is 6. The first kappa shape index (κ1) is 19.2. The first-order chi connectivity index (χ1) is 10.6. The lowest BCUT2D eigenvalue weighted by atomic mass is 9.91. The highest BCUT2D eigenvalue weighted by atomic mass is 35.5. The van der Waals surface area contributed by atoms with Gasteiger partial charge < -0.3 is 11.1 Å². The van der Waals surface area contributed by atoms with E-state index >= 15 is 0 Å². The van der Waals surface area contributed by atoms with Crippen molar-refractivity contribution in [2.75, 3.05) is 6.54 Å². The van der Waals surface area contributed by atoms with Crippen molar-refractivity contribution in [2.45, 2.75) is 25.8 Å². The number of benzene rings is 2. The van der Waals surface area contributed by atoms with Gasteiger partial charge in [-0.15, -0.1) is 12.4 Å². The molecule has 0 heterocycles. The maximum atomic E-state index is 12.2. The van der Waals surface area contributed by atoms with Gasteiger partial charge in [0.15, 0.2) is 0 Å². The van der Waals surface area contributed by atoms with Crippen LogP contribution in [0, 0.1) is 5.92 Å². The zero-order valence-corrected chi connectivity index (χ0v) is 14.4. The van der Waals surface area contributed by atoms with Crippen molar-refractivity contribution in [1.29, 1.82) is 0 Å². The van der Waals surface area contributed by atoms with E-state index in [0.717, 1.165) is 0 Å². The molecule has 0 aromatic heterocycles. The number of halogens is 1. The molecule has 0 spiro atoms. The molecule has 2 atom stereocenters. The summed E-state index contributed by atoms with van der Waals surface area (Å²) in [6, 6.07) is 20.3. The number of carbonyl (C=O) groups excluding carboxylic acids is 1. The van der Waals surface area contributed by atoms with Crippen molar-refractivity contribution in [3.63, 3.8) is 0 Å². The van der Waals surface area contributed by atoms with Gasteiger partial charge in [-0.1, -0.05) is 67.6 Å². The molecule has 0 saturated heterocycles. The lowest BCUT2D eigenvalue weighted by Crippen LogP contribution is -2.40. The molecular weight excluding hydrogens is 308 g/mol. The van der Waals surface area contributed by atoms with Gasteiger partial charge in [-0.05, 0) is 18.1 Å². The smallest absolute Gasteiger partial charge is 0.224 e. The van der Waals surface area contributed by atoms with Crippen LogP contribution >= 0.6 is 12.4 Å². The molecule has 4 heteroatoms. The monoisotopic (exact) mass is 332 g/mol. The molecule has 2 aromatic rings. The first-order valence-corrected chi connectivity index (χ1v) is 7.72. The second-order valence-electron chi connectivity index (χ2n) is 5.77. The fourth-order valence-corrected chi connectivity index (χ4v) is 2.40. The van der Waals surface area contributed by atoms with Crippen LogP contribution in [0.3, 0.4) is 0 Å².